The van der Waals surface area contributed by atoms with Gasteiger partial charge in [0.05, 0.1) is 16.7 Å². The summed E-state index contributed by atoms with van der Waals surface area (Å²) < 4.78 is 9.40. The van der Waals surface area contributed by atoms with Gasteiger partial charge < -0.3 is 4.74 Å². The fourth-order valence-corrected chi connectivity index (χ4v) is 9.54. The molecule has 11 aromatic rings. The quantitative estimate of drug-likeness (QED) is 0.168. The molecule has 0 aliphatic carbocycles. The minimum atomic E-state index is -0.338. The summed E-state index contributed by atoms with van der Waals surface area (Å²) in [6, 6.07) is 58.5. The molecule has 4 nitrogen and oxygen atoms in total. The van der Waals surface area contributed by atoms with Gasteiger partial charge in [0.25, 0.3) is 0 Å². The molecule has 0 bridgehead atoms. The van der Waals surface area contributed by atoms with E-state index in [-0.39, 0.29) is 5.41 Å². The van der Waals surface area contributed by atoms with Gasteiger partial charge >= 0.3 is 0 Å². The van der Waals surface area contributed by atoms with Crippen molar-refractivity contribution in [2.45, 2.75) is 19.3 Å². The molecule has 0 fully saturated rings. The van der Waals surface area contributed by atoms with Crippen molar-refractivity contribution < 1.29 is 4.74 Å². The molecule has 9 aromatic carbocycles. The van der Waals surface area contributed by atoms with Gasteiger partial charge in [-0.25, -0.2) is 9.97 Å². The molecule has 2 aromatic heterocycles. The van der Waals surface area contributed by atoms with Crippen molar-refractivity contribution in [3.8, 4) is 28.7 Å². The van der Waals surface area contributed by atoms with Gasteiger partial charge in [-0.1, -0.05) is 159 Å². The number of hydrogen-bond donors (Lipinski definition) is 0. The Morgan fingerprint density at radius 1 is 0.509 bits per heavy atom. The number of aromatic nitrogens is 3. The molecule has 55 heavy (non-hydrogen) atoms. The smallest absolute Gasteiger partial charge is 0.235 e. The maximum atomic E-state index is 7.13. The number of fused-ring (bicyclic) bond motifs is 16. The van der Waals surface area contributed by atoms with Crippen molar-refractivity contribution >= 4 is 75.8 Å². The number of para-hydroxylation sites is 2. The summed E-state index contributed by atoms with van der Waals surface area (Å²) in [6.45, 7) is 4.64. The van der Waals surface area contributed by atoms with E-state index in [1.54, 1.807) is 0 Å². The Balaban J connectivity index is 1.30. The highest BCUT2D eigenvalue weighted by molar-refractivity contribution is 6.28. The summed E-state index contributed by atoms with van der Waals surface area (Å²) in [4.78, 5) is 11.3. The van der Waals surface area contributed by atoms with Crippen LogP contribution in [0.2, 0.25) is 0 Å². The average Bonchev–Trinajstić information content (AvgIpc) is 3.59. The van der Waals surface area contributed by atoms with E-state index in [2.05, 4.69) is 182 Å². The van der Waals surface area contributed by atoms with Crippen molar-refractivity contribution in [1.82, 2.24) is 14.5 Å². The summed E-state index contributed by atoms with van der Waals surface area (Å²) in [5.41, 5.74) is 6.90. The molecule has 12 rings (SSSR count). The highest BCUT2D eigenvalue weighted by Gasteiger charge is 2.39. The van der Waals surface area contributed by atoms with Crippen LogP contribution in [-0.4, -0.2) is 14.5 Å². The van der Waals surface area contributed by atoms with E-state index in [0.717, 1.165) is 66.2 Å². The second-order valence-corrected chi connectivity index (χ2v) is 15.3. The molecular weight excluding hydrogens is 671 g/mol. The third-order valence-corrected chi connectivity index (χ3v) is 12.0. The molecular formula is C51H33N3O. The number of nitrogens with zero attached hydrogens (tertiary/aromatic N) is 3. The number of rotatable bonds is 2. The lowest BCUT2D eigenvalue weighted by molar-refractivity contribution is 0.424. The van der Waals surface area contributed by atoms with E-state index in [9.17, 15) is 0 Å². The number of ether oxygens (including phenoxy) is 1. The van der Waals surface area contributed by atoms with E-state index in [0.29, 0.717) is 5.95 Å². The predicted octanol–water partition coefficient (Wildman–Crippen LogP) is 13.4. The van der Waals surface area contributed by atoms with Gasteiger partial charge in [0.2, 0.25) is 5.95 Å². The van der Waals surface area contributed by atoms with Crippen LogP contribution in [0.15, 0.2) is 164 Å². The summed E-state index contributed by atoms with van der Waals surface area (Å²) >= 11 is 0. The Morgan fingerprint density at radius 3 is 1.91 bits per heavy atom. The first-order chi connectivity index (χ1) is 27.1. The SMILES string of the molecule is CC1(C)c2ccccc2Oc2c1c1ccccc1c1c3ccccc3n(-c3nc(-c4ccc5ccccc5c4)c4c5ccccc5c5ccccc5c4n3)c21. The first-order valence-electron chi connectivity index (χ1n) is 18.9. The van der Waals surface area contributed by atoms with E-state index < -0.39 is 0 Å². The highest BCUT2D eigenvalue weighted by Crippen LogP contribution is 2.55. The zero-order valence-electron chi connectivity index (χ0n) is 30.3. The van der Waals surface area contributed by atoms with Crippen LogP contribution in [-0.2, 0) is 5.41 Å². The van der Waals surface area contributed by atoms with Crippen LogP contribution in [0.1, 0.15) is 25.0 Å². The lowest BCUT2D eigenvalue weighted by Gasteiger charge is -2.36. The van der Waals surface area contributed by atoms with E-state index in [1.807, 2.05) is 0 Å². The van der Waals surface area contributed by atoms with E-state index in [4.69, 9.17) is 14.7 Å². The van der Waals surface area contributed by atoms with Crippen molar-refractivity contribution in [3.05, 3.63) is 175 Å². The van der Waals surface area contributed by atoms with Crippen LogP contribution in [0.4, 0.5) is 0 Å². The minimum Gasteiger partial charge on any atom is -0.454 e. The molecule has 0 unspecified atom stereocenters. The molecule has 1 aliphatic rings. The van der Waals surface area contributed by atoms with Gasteiger partial charge in [0, 0.05) is 43.7 Å². The zero-order chi connectivity index (χ0) is 36.4. The second-order valence-electron chi connectivity index (χ2n) is 15.3. The maximum Gasteiger partial charge on any atom is 0.235 e. The zero-order valence-corrected chi connectivity index (χ0v) is 30.3. The molecule has 1 aliphatic heterocycles. The van der Waals surface area contributed by atoms with Crippen molar-refractivity contribution in [2.75, 3.05) is 0 Å². The lowest BCUT2D eigenvalue weighted by atomic mass is 9.73. The van der Waals surface area contributed by atoms with Gasteiger partial charge in [-0.05, 0) is 55.9 Å². The molecule has 0 spiro atoms. The maximum absolute atomic E-state index is 7.13. The Hall–Kier alpha value is -7.04. The minimum absolute atomic E-state index is 0.338. The number of benzene rings is 9. The topological polar surface area (TPSA) is 39.9 Å². The fraction of sp³-hybridized carbons (Fsp3) is 0.0588. The monoisotopic (exact) mass is 703 g/mol. The standard InChI is InChI=1S/C51H33N3O/c1-51(2)40-24-12-14-26-42(40)55-49-45(51)37-21-9-8-20-36(37)43-39-23-11-13-25-41(39)54(48(43)49)50-52-46(32-28-27-30-15-3-4-16-31(30)29-32)44-35-19-7-5-17-33(35)34-18-6-10-22-38(34)47(44)53-50/h3-29H,1-2H3. The van der Waals surface area contributed by atoms with Crippen molar-refractivity contribution in [2.24, 2.45) is 0 Å². The van der Waals surface area contributed by atoms with Crippen molar-refractivity contribution in [1.29, 1.82) is 0 Å². The lowest BCUT2D eigenvalue weighted by Crippen LogP contribution is -2.25. The van der Waals surface area contributed by atoms with Crippen LogP contribution in [0.5, 0.6) is 11.5 Å². The van der Waals surface area contributed by atoms with Gasteiger partial charge in [-0.15, -0.1) is 0 Å². The normalized spacial score (nSPS) is 13.6. The molecule has 4 heteroatoms. The van der Waals surface area contributed by atoms with E-state index in [1.165, 1.54) is 43.4 Å². The van der Waals surface area contributed by atoms with Crippen LogP contribution < -0.4 is 4.74 Å². The molecule has 0 amide bonds. The predicted molar refractivity (Wildman–Crippen MR) is 228 cm³/mol. The summed E-state index contributed by atoms with van der Waals surface area (Å²) in [7, 11) is 0. The third kappa shape index (κ3) is 4.11. The molecule has 0 saturated heterocycles. The average molecular weight is 704 g/mol. The van der Waals surface area contributed by atoms with Crippen LogP contribution in [0.3, 0.4) is 0 Å². The molecule has 258 valence electrons. The fourth-order valence-electron chi connectivity index (χ4n) is 9.54. The third-order valence-electron chi connectivity index (χ3n) is 12.0. The Morgan fingerprint density at radius 2 is 1.11 bits per heavy atom. The first-order valence-corrected chi connectivity index (χ1v) is 18.9. The van der Waals surface area contributed by atoms with Gasteiger partial charge in [0.1, 0.15) is 11.3 Å². The summed E-state index contributed by atoms with van der Waals surface area (Å²) in [5.74, 6) is 2.34. The number of hydrogen-bond acceptors (Lipinski definition) is 3. The molecule has 3 heterocycles. The Labute approximate surface area is 316 Å². The first kappa shape index (κ1) is 30.4. The molecule has 0 N–H and O–H groups in total. The van der Waals surface area contributed by atoms with Crippen LogP contribution in [0.25, 0.3) is 93.0 Å². The summed E-state index contributed by atoms with van der Waals surface area (Å²) in [5, 5.41) is 12.7. The molecule has 0 saturated carbocycles. The van der Waals surface area contributed by atoms with Gasteiger partial charge in [-0.3, -0.25) is 4.57 Å². The largest absolute Gasteiger partial charge is 0.454 e. The Kier molecular flexibility index (Phi) is 6.09. The van der Waals surface area contributed by atoms with Crippen LogP contribution >= 0.6 is 0 Å². The highest BCUT2D eigenvalue weighted by atomic mass is 16.5. The van der Waals surface area contributed by atoms with Gasteiger partial charge in [0.15, 0.2) is 5.75 Å². The van der Waals surface area contributed by atoms with E-state index >= 15 is 0 Å². The van der Waals surface area contributed by atoms with Gasteiger partial charge in [-0.2, -0.15) is 0 Å². The van der Waals surface area contributed by atoms with Crippen molar-refractivity contribution in [3.63, 3.8) is 0 Å². The molecule has 0 atom stereocenters. The summed E-state index contributed by atoms with van der Waals surface area (Å²) in [6.07, 6.45) is 0. The van der Waals surface area contributed by atoms with Crippen LogP contribution in [0, 0.1) is 0 Å². The second kappa shape index (κ2) is 11.0. The Bertz CT molecular complexity index is 3450. The molecule has 0 radical (unpaired) electrons.